The van der Waals surface area contributed by atoms with Crippen molar-refractivity contribution < 1.29 is 22.7 Å². The minimum atomic E-state index is -3.96. The van der Waals surface area contributed by atoms with Crippen LogP contribution in [0.25, 0.3) is 0 Å². The monoisotopic (exact) mass is 470 g/mol. The summed E-state index contributed by atoms with van der Waals surface area (Å²) in [6.45, 7) is 7.33. The number of carbonyl (C=O) groups excluding carboxylic acids is 2. The van der Waals surface area contributed by atoms with Crippen molar-refractivity contribution in [1.29, 1.82) is 0 Å². The van der Waals surface area contributed by atoms with Gasteiger partial charge in [-0.05, 0) is 63.4 Å². The Bertz CT molecular complexity index is 1090. The van der Waals surface area contributed by atoms with E-state index in [0.29, 0.717) is 5.69 Å². The Morgan fingerprint density at radius 2 is 1.76 bits per heavy atom. The second kappa shape index (κ2) is 10.7. The largest absolute Gasteiger partial charge is 0.452 e. The summed E-state index contributed by atoms with van der Waals surface area (Å²) in [7, 11) is -3.96. The van der Waals surface area contributed by atoms with Crippen LogP contribution in [0.15, 0.2) is 72.1 Å². The van der Waals surface area contributed by atoms with Crippen molar-refractivity contribution in [2.45, 2.75) is 50.1 Å². The zero-order valence-corrected chi connectivity index (χ0v) is 19.8. The highest BCUT2D eigenvalue weighted by atomic mass is 32.2. The normalized spacial score (nSPS) is 18.4. The molecule has 2 aromatic rings. The van der Waals surface area contributed by atoms with Gasteiger partial charge in [0.15, 0.2) is 6.61 Å². The molecule has 33 heavy (non-hydrogen) atoms. The molecule has 3 rings (SSSR count). The Morgan fingerprint density at radius 3 is 2.39 bits per heavy atom. The maximum absolute atomic E-state index is 13.3. The summed E-state index contributed by atoms with van der Waals surface area (Å²) in [6.07, 6.45) is 4.41. The van der Waals surface area contributed by atoms with E-state index in [4.69, 9.17) is 4.74 Å². The molecule has 0 spiro atoms. The maximum atomic E-state index is 13.3. The number of anilines is 1. The molecule has 1 aliphatic heterocycles. The second-order valence-corrected chi connectivity index (χ2v) is 10.1. The summed E-state index contributed by atoms with van der Waals surface area (Å²) in [6, 6.07) is 14.5. The highest BCUT2D eigenvalue weighted by molar-refractivity contribution is 7.92. The summed E-state index contributed by atoms with van der Waals surface area (Å²) in [4.78, 5) is 27.0. The third-order valence-electron chi connectivity index (χ3n) is 5.81. The predicted octanol–water partition coefficient (Wildman–Crippen LogP) is 4.01. The first-order chi connectivity index (χ1) is 15.8. The lowest BCUT2D eigenvalue weighted by Gasteiger charge is -2.38. The Morgan fingerprint density at radius 1 is 1.09 bits per heavy atom. The fraction of sp³-hybridized carbons (Fsp3) is 0.360. The van der Waals surface area contributed by atoms with Crippen molar-refractivity contribution in [3.63, 3.8) is 0 Å². The van der Waals surface area contributed by atoms with Gasteiger partial charge in [0.25, 0.3) is 15.9 Å². The van der Waals surface area contributed by atoms with Gasteiger partial charge in [0.1, 0.15) is 0 Å². The lowest BCUT2D eigenvalue weighted by molar-refractivity contribution is -0.140. The molecule has 2 aromatic carbocycles. The number of sulfonamides is 1. The summed E-state index contributed by atoms with van der Waals surface area (Å²) in [5, 5.41) is 0. The van der Waals surface area contributed by atoms with Gasteiger partial charge in [0, 0.05) is 12.1 Å². The topological polar surface area (TPSA) is 84.0 Å². The van der Waals surface area contributed by atoms with Crippen LogP contribution in [-0.4, -0.2) is 50.4 Å². The lowest BCUT2D eigenvalue weighted by atomic mass is 9.97. The molecule has 0 aliphatic carbocycles. The molecule has 2 atom stereocenters. The number of benzene rings is 2. The highest BCUT2D eigenvalue weighted by Gasteiger charge is 2.30. The van der Waals surface area contributed by atoms with Gasteiger partial charge in [-0.2, -0.15) is 0 Å². The number of piperidine rings is 1. The van der Waals surface area contributed by atoms with Crippen LogP contribution in [-0.2, 0) is 19.6 Å². The molecule has 1 fully saturated rings. The number of hydrogen-bond donors (Lipinski definition) is 0. The zero-order chi connectivity index (χ0) is 24.0. The molecule has 7 nitrogen and oxygen atoms in total. The van der Waals surface area contributed by atoms with Gasteiger partial charge in [-0.15, -0.1) is 6.58 Å². The number of esters is 1. The van der Waals surface area contributed by atoms with E-state index >= 15 is 0 Å². The van der Waals surface area contributed by atoms with E-state index in [9.17, 15) is 18.0 Å². The molecule has 0 saturated carbocycles. The summed E-state index contributed by atoms with van der Waals surface area (Å²) in [5.41, 5.74) is 0.552. The van der Waals surface area contributed by atoms with Crippen molar-refractivity contribution in [2.75, 3.05) is 17.5 Å². The number of likely N-dealkylation sites (tertiary alicyclic amines) is 1. The van der Waals surface area contributed by atoms with Crippen LogP contribution in [0.5, 0.6) is 0 Å². The van der Waals surface area contributed by atoms with Crippen LogP contribution < -0.4 is 4.31 Å². The smallest absolute Gasteiger partial charge is 0.338 e. The van der Waals surface area contributed by atoms with Crippen molar-refractivity contribution >= 4 is 27.6 Å². The third kappa shape index (κ3) is 5.63. The number of rotatable bonds is 8. The molecular weight excluding hydrogens is 440 g/mol. The van der Waals surface area contributed by atoms with Gasteiger partial charge >= 0.3 is 5.97 Å². The van der Waals surface area contributed by atoms with E-state index < -0.39 is 16.0 Å². The van der Waals surface area contributed by atoms with E-state index in [-0.39, 0.29) is 41.6 Å². The molecule has 1 saturated heterocycles. The van der Waals surface area contributed by atoms with E-state index in [1.807, 2.05) is 13.8 Å². The molecule has 176 valence electrons. The number of ether oxygens (including phenoxy) is 1. The zero-order valence-electron chi connectivity index (χ0n) is 19.0. The summed E-state index contributed by atoms with van der Waals surface area (Å²) < 4.78 is 33.1. The molecule has 0 aromatic heterocycles. The minimum absolute atomic E-state index is 0.0488. The first-order valence-corrected chi connectivity index (χ1v) is 12.5. The van der Waals surface area contributed by atoms with Crippen LogP contribution >= 0.6 is 0 Å². The predicted molar refractivity (Wildman–Crippen MR) is 128 cm³/mol. The first-order valence-electron chi connectivity index (χ1n) is 11.0. The van der Waals surface area contributed by atoms with Gasteiger partial charge in [-0.1, -0.05) is 30.3 Å². The van der Waals surface area contributed by atoms with Crippen LogP contribution in [0.3, 0.4) is 0 Å². The minimum Gasteiger partial charge on any atom is -0.452 e. The van der Waals surface area contributed by atoms with E-state index in [0.717, 1.165) is 19.3 Å². The highest BCUT2D eigenvalue weighted by Crippen LogP contribution is 2.25. The van der Waals surface area contributed by atoms with Gasteiger partial charge in [-0.25, -0.2) is 13.2 Å². The van der Waals surface area contributed by atoms with Crippen molar-refractivity contribution in [2.24, 2.45) is 0 Å². The molecule has 1 aliphatic rings. The molecule has 1 heterocycles. The standard InChI is InChI=1S/C25H30N2O5S/c1-4-16-26(22-13-6-5-7-14-22)33(30,31)23-15-9-12-21(17-23)25(29)32-18-24(28)27-19(2)10-8-11-20(27)3/h4-7,9,12-15,17,19-20H,1,8,10-11,16,18H2,2-3H3. The second-order valence-electron chi connectivity index (χ2n) is 8.19. The SMILES string of the molecule is C=CCN(c1ccccc1)S(=O)(=O)c1cccc(C(=O)OCC(=O)N2C(C)CCCC2C)c1. The fourth-order valence-corrected chi connectivity index (χ4v) is 5.64. The molecule has 0 N–H and O–H groups in total. The van der Waals surface area contributed by atoms with E-state index in [2.05, 4.69) is 6.58 Å². The summed E-state index contributed by atoms with van der Waals surface area (Å²) in [5.74, 6) is -0.985. The maximum Gasteiger partial charge on any atom is 0.338 e. The van der Waals surface area contributed by atoms with Crippen LogP contribution in [0, 0.1) is 0 Å². The van der Waals surface area contributed by atoms with Crippen molar-refractivity contribution in [3.05, 3.63) is 72.8 Å². The Kier molecular flexibility index (Phi) is 7.92. The van der Waals surface area contributed by atoms with Crippen LogP contribution in [0.1, 0.15) is 43.5 Å². The van der Waals surface area contributed by atoms with Gasteiger partial charge in [0.05, 0.1) is 22.7 Å². The van der Waals surface area contributed by atoms with Crippen molar-refractivity contribution in [1.82, 2.24) is 4.90 Å². The van der Waals surface area contributed by atoms with E-state index in [1.54, 1.807) is 35.2 Å². The van der Waals surface area contributed by atoms with Crippen LogP contribution in [0.4, 0.5) is 5.69 Å². The van der Waals surface area contributed by atoms with Gasteiger partial charge in [-0.3, -0.25) is 9.10 Å². The van der Waals surface area contributed by atoms with Crippen molar-refractivity contribution in [3.8, 4) is 0 Å². The lowest BCUT2D eigenvalue weighted by Crippen LogP contribution is -2.49. The first kappa shape index (κ1) is 24.5. The van der Waals surface area contributed by atoms with Gasteiger partial charge < -0.3 is 9.64 Å². The van der Waals surface area contributed by atoms with E-state index in [1.165, 1.54) is 34.6 Å². The number of para-hydroxylation sites is 1. The quantitative estimate of drug-likeness (QED) is 0.430. The number of carbonyl (C=O) groups is 2. The number of nitrogens with zero attached hydrogens (tertiary/aromatic N) is 2. The fourth-order valence-electron chi connectivity index (χ4n) is 4.16. The Labute approximate surface area is 195 Å². The molecule has 0 bridgehead atoms. The molecule has 0 radical (unpaired) electrons. The molecule has 8 heteroatoms. The average Bonchev–Trinajstić information content (AvgIpc) is 2.81. The molecule has 2 unspecified atom stereocenters. The number of amides is 1. The Hall–Kier alpha value is -3.13. The molecular formula is C25H30N2O5S. The Balaban J connectivity index is 1.76. The number of hydrogen-bond acceptors (Lipinski definition) is 5. The third-order valence-corrected chi connectivity index (χ3v) is 7.59. The molecule has 1 amide bonds. The van der Waals surface area contributed by atoms with Gasteiger partial charge in [0.2, 0.25) is 0 Å². The van der Waals surface area contributed by atoms with Crippen LogP contribution in [0.2, 0.25) is 0 Å². The average molecular weight is 471 g/mol. The summed E-state index contributed by atoms with van der Waals surface area (Å²) >= 11 is 0.